The molecule has 0 spiro atoms. The predicted molar refractivity (Wildman–Crippen MR) is 103 cm³/mol. The average molecular weight is 421 g/mol. The number of esters is 1. The molecule has 0 fully saturated rings. The molecular weight excluding hydrogens is 402 g/mol. The molecule has 29 heavy (non-hydrogen) atoms. The van der Waals surface area contributed by atoms with Crippen LogP contribution >= 0.6 is 0 Å². The van der Waals surface area contributed by atoms with Gasteiger partial charge in [0.25, 0.3) is 5.91 Å². The maximum absolute atomic E-state index is 12.2. The van der Waals surface area contributed by atoms with Gasteiger partial charge in [-0.1, -0.05) is 0 Å². The van der Waals surface area contributed by atoms with E-state index >= 15 is 0 Å². The SMILES string of the molecule is COC(=O)Cc1c(C)c2ccc(OCC(=O)N[C@H]3C=CS(=O)(=O)C3)cc2oc1=O. The lowest BCUT2D eigenvalue weighted by Gasteiger charge is -2.12. The quantitative estimate of drug-likeness (QED) is 0.531. The molecule has 1 aromatic carbocycles. The first-order valence-electron chi connectivity index (χ1n) is 8.65. The van der Waals surface area contributed by atoms with Crippen LogP contribution < -0.4 is 15.7 Å². The highest BCUT2D eigenvalue weighted by molar-refractivity contribution is 7.94. The van der Waals surface area contributed by atoms with Gasteiger partial charge in [-0.3, -0.25) is 9.59 Å². The van der Waals surface area contributed by atoms with E-state index in [0.29, 0.717) is 16.7 Å². The fourth-order valence-electron chi connectivity index (χ4n) is 2.95. The van der Waals surface area contributed by atoms with Gasteiger partial charge in [0.15, 0.2) is 16.4 Å². The first-order chi connectivity index (χ1) is 13.7. The van der Waals surface area contributed by atoms with Crippen LogP contribution in [0.15, 0.2) is 38.9 Å². The van der Waals surface area contributed by atoms with Gasteiger partial charge in [-0.05, 0) is 30.7 Å². The van der Waals surface area contributed by atoms with Gasteiger partial charge in [0.2, 0.25) is 0 Å². The third kappa shape index (κ3) is 4.83. The highest BCUT2D eigenvalue weighted by atomic mass is 32.2. The summed E-state index contributed by atoms with van der Waals surface area (Å²) in [5.41, 5.74) is 0.422. The van der Waals surface area contributed by atoms with E-state index < -0.39 is 33.4 Å². The smallest absolute Gasteiger partial charge is 0.340 e. The Morgan fingerprint density at radius 1 is 1.31 bits per heavy atom. The second-order valence-electron chi connectivity index (χ2n) is 6.52. The monoisotopic (exact) mass is 421 g/mol. The van der Waals surface area contributed by atoms with E-state index in [0.717, 1.165) is 5.41 Å². The standard InChI is InChI=1S/C19H19NO8S/c1-11-14-4-3-13(7-16(14)28-19(23)15(11)8-18(22)26-2)27-9-17(21)20-12-5-6-29(24,25)10-12/h3-7,12H,8-10H2,1-2H3,(H,20,21)/t12-/m0/s1. The second kappa shape index (κ2) is 8.08. The molecule has 1 aliphatic rings. The Kier molecular flexibility index (Phi) is 5.73. The van der Waals surface area contributed by atoms with Crippen molar-refractivity contribution < 1.29 is 31.9 Å². The molecule has 0 saturated heterocycles. The highest BCUT2D eigenvalue weighted by Crippen LogP contribution is 2.24. The van der Waals surface area contributed by atoms with Crippen molar-refractivity contribution in [1.82, 2.24) is 5.32 Å². The highest BCUT2D eigenvalue weighted by Gasteiger charge is 2.23. The van der Waals surface area contributed by atoms with Crippen LogP contribution in [0, 0.1) is 6.92 Å². The number of amides is 1. The number of methoxy groups -OCH3 is 1. The van der Waals surface area contributed by atoms with Gasteiger partial charge in [0.1, 0.15) is 11.3 Å². The zero-order valence-corrected chi connectivity index (χ0v) is 16.6. The van der Waals surface area contributed by atoms with Crippen molar-refractivity contribution in [2.45, 2.75) is 19.4 Å². The Morgan fingerprint density at radius 3 is 2.72 bits per heavy atom. The lowest BCUT2D eigenvalue weighted by molar-refractivity contribution is -0.139. The van der Waals surface area contributed by atoms with Crippen molar-refractivity contribution in [3.63, 3.8) is 0 Å². The Balaban J connectivity index is 1.70. The van der Waals surface area contributed by atoms with E-state index in [1.165, 1.54) is 19.3 Å². The van der Waals surface area contributed by atoms with Crippen LogP contribution in [0.5, 0.6) is 5.75 Å². The second-order valence-corrected chi connectivity index (χ2v) is 8.46. The molecule has 3 rings (SSSR count). The number of benzene rings is 1. The van der Waals surface area contributed by atoms with Crippen LogP contribution in [0.25, 0.3) is 11.0 Å². The minimum Gasteiger partial charge on any atom is -0.484 e. The van der Waals surface area contributed by atoms with Crippen molar-refractivity contribution in [3.05, 3.63) is 51.2 Å². The van der Waals surface area contributed by atoms with Gasteiger partial charge in [-0.2, -0.15) is 0 Å². The van der Waals surface area contributed by atoms with Crippen LogP contribution in [-0.4, -0.2) is 45.8 Å². The van der Waals surface area contributed by atoms with E-state index in [-0.39, 0.29) is 29.9 Å². The van der Waals surface area contributed by atoms with Gasteiger partial charge in [-0.15, -0.1) is 0 Å². The topological polar surface area (TPSA) is 129 Å². The largest absolute Gasteiger partial charge is 0.484 e. The minimum absolute atomic E-state index is 0.174. The number of carbonyl (C=O) groups excluding carboxylic acids is 2. The van der Waals surface area contributed by atoms with Crippen molar-refractivity contribution >= 4 is 32.7 Å². The Bertz CT molecular complexity index is 1160. The number of hydrogen-bond acceptors (Lipinski definition) is 8. The maximum atomic E-state index is 12.2. The summed E-state index contributed by atoms with van der Waals surface area (Å²) in [5, 5.41) is 4.24. The van der Waals surface area contributed by atoms with E-state index in [1.54, 1.807) is 19.1 Å². The zero-order chi connectivity index (χ0) is 21.2. The fourth-order valence-corrected chi connectivity index (χ4v) is 4.18. The maximum Gasteiger partial charge on any atom is 0.340 e. The number of rotatable bonds is 6. The molecule has 1 N–H and O–H groups in total. The lowest BCUT2D eigenvalue weighted by Crippen LogP contribution is -2.38. The molecule has 0 aliphatic carbocycles. The Labute approximate surface area is 166 Å². The molecule has 0 saturated carbocycles. The third-order valence-corrected chi connectivity index (χ3v) is 5.85. The zero-order valence-electron chi connectivity index (χ0n) is 15.8. The first kappa shape index (κ1) is 20.6. The van der Waals surface area contributed by atoms with E-state index in [2.05, 4.69) is 10.1 Å². The van der Waals surface area contributed by atoms with Crippen LogP contribution in [-0.2, 0) is 30.6 Å². The molecular formula is C19H19NO8S. The number of nitrogens with one attached hydrogen (secondary N) is 1. The van der Waals surface area contributed by atoms with E-state index in [1.807, 2.05) is 0 Å². The fraction of sp³-hybridized carbons (Fsp3) is 0.316. The summed E-state index contributed by atoms with van der Waals surface area (Å²) >= 11 is 0. The van der Waals surface area contributed by atoms with Gasteiger partial charge < -0.3 is 19.2 Å². The van der Waals surface area contributed by atoms with Crippen LogP contribution in [0.4, 0.5) is 0 Å². The Hall–Kier alpha value is -3.14. The normalized spacial score (nSPS) is 17.2. The van der Waals surface area contributed by atoms with Crippen LogP contribution in [0.1, 0.15) is 11.1 Å². The molecule has 2 heterocycles. The van der Waals surface area contributed by atoms with Gasteiger partial charge in [-0.25, -0.2) is 13.2 Å². The lowest BCUT2D eigenvalue weighted by atomic mass is 10.0. The molecule has 0 unspecified atom stereocenters. The summed E-state index contributed by atoms with van der Waals surface area (Å²) in [5.74, 6) is -0.906. The van der Waals surface area contributed by atoms with Crippen LogP contribution in [0.2, 0.25) is 0 Å². The summed E-state index contributed by atoms with van der Waals surface area (Å²) in [6.45, 7) is 1.37. The molecule has 154 valence electrons. The summed E-state index contributed by atoms with van der Waals surface area (Å²) in [6, 6.07) is 4.15. The molecule has 0 bridgehead atoms. The van der Waals surface area contributed by atoms with Crippen LogP contribution in [0.3, 0.4) is 0 Å². The summed E-state index contributed by atoms with van der Waals surface area (Å²) in [6.07, 6.45) is 1.22. The van der Waals surface area contributed by atoms with Crippen molar-refractivity contribution in [1.29, 1.82) is 0 Å². The molecule has 1 atom stereocenters. The molecule has 1 amide bonds. The van der Waals surface area contributed by atoms with Gasteiger partial charge >= 0.3 is 11.6 Å². The van der Waals surface area contributed by atoms with Crippen molar-refractivity contribution in [3.8, 4) is 5.75 Å². The number of sulfone groups is 1. The van der Waals surface area contributed by atoms with Crippen molar-refractivity contribution in [2.75, 3.05) is 19.5 Å². The van der Waals surface area contributed by atoms with E-state index in [4.69, 9.17) is 9.15 Å². The summed E-state index contributed by atoms with van der Waals surface area (Å²) in [7, 11) is -2.02. The molecule has 0 radical (unpaired) electrons. The minimum atomic E-state index is -3.26. The molecule has 2 aromatic rings. The molecule has 1 aliphatic heterocycles. The number of aryl methyl sites for hydroxylation is 1. The number of hydrogen-bond donors (Lipinski definition) is 1. The van der Waals surface area contributed by atoms with E-state index in [9.17, 15) is 22.8 Å². The number of ether oxygens (including phenoxy) is 2. The third-order valence-electron chi connectivity index (χ3n) is 4.45. The van der Waals surface area contributed by atoms with Gasteiger partial charge in [0.05, 0.1) is 30.9 Å². The number of carbonyl (C=O) groups is 2. The molecule has 9 nitrogen and oxygen atoms in total. The molecule has 10 heteroatoms. The Morgan fingerprint density at radius 2 is 2.07 bits per heavy atom. The predicted octanol–water partition coefficient (Wildman–Crippen LogP) is 0.623. The first-order valence-corrected chi connectivity index (χ1v) is 10.4. The molecule has 1 aromatic heterocycles. The van der Waals surface area contributed by atoms with Crippen molar-refractivity contribution in [2.24, 2.45) is 0 Å². The van der Waals surface area contributed by atoms with Gasteiger partial charge in [0, 0.05) is 16.9 Å². The summed E-state index contributed by atoms with van der Waals surface area (Å²) < 4.78 is 38.0. The number of fused-ring (bicyclic) bond motifs is 1. The average Bonchev–Trinajstić information content (AvgIpc) is 3.01. The summed E-state index contributed by atoms with van der Waals surface area (Å²) in [4.78, 5) is 35.6.